The number of anilines is 2. The topological polar surface area (TPSA) is 153 Å². The molecule has 4 aliphatic carbocycles. The fourth-order valence-corrected chi connectivity index (χ4v) is 14.7. The van der Waals surface area contributed by atoms with Gasteiger partial charge < -0.3 is 29.3 Å². The molecule has 2 N–H and O–H groups in total. The van der Waals surface area contributed by atoms with Crippen LogP contribution in [0.3, 0.4) is 0 Å². The van der Waals surface area contributed by atoms with Gasteiger partial charge in [-0.2, -0.15) is 5.10 Å². The molecule has 4 saturated carbocycles. The molecular formula is C56H72N8O6S. The lowest BCUT2D eigenvalue weighted by atomic mass is 9.39. The molecule has 2 unspecified atom stereocenters. The molecule has 5 aromatic rings. The van der Waals surface area contributed by atoms with Crippen molar-refractivity contribution in [2.24, 2.45) is 16.2 Å². The van der Waals surface area contributed by atoms with E-state index in [1.807, 2.05) is 101 Å². The number of piperidine rings is 1. The number of hydrogen-bond donors (Lipinski definition) is 2. The maximum absolute atomic E-state index is 14.2. The van der Waals surface area contributed by atoms with Crippen molar-refractivity contribution in [1.82, 2.24) is 30.0 Å². The van der Waals surface area contributed by atoms with Crippen molar-refractivity contribution in [3.8, 4) is 11.1 Å². The lowest BCUT2D eigenvalue weighted by Gasteiger charge is -2.69. The number of nitrogens with zero attached hydrogens (tertiary/aromatic N) is 6. The number of nitrogens with one attached hydrogen (secondary N) is 2. The molecule has 11 rings (SSSR count). The van der Waals surface area contributed by atoms with Crippen LogP contribution >= 0.6 is 11.3 Å². The van der Waals surface area contributed by atoms with E-state index in [9.17, 15) is 14.4 Å². The number of fused-ring (bicyclic) bond motifs is 2. The third kappa shape index (κ3) is 10.5. The maximum atomic E-state index is 14.2. The number of hydrogen-bond acceptors (Lipinski definition) is 12. The second kappa shape index (κ2) is 18.3. The summed E-state index contributed by atoms with van der Waals surface area (Å²) in [5, 5.41) is 12.4. The normalized spacial score (nSPS) is 25.4. The highest BCUT2D eigenvalue weighted by atomic mass is 32.1. The summed E-state index contributed by atoms with van der Waals surface area (Å²) < 4.78 is 21.9. The number of likely N-dealkylation sites (tertiary alicyclic amines) is 1. The van der Waals surface area contributed by atoms with Crippen LogP contribution in [0.5, 0.6) is 0 Å². The molecule has 5 heterocycles. The monoisotopic (exact) mass is 985 g/mol. The van der Waals surface area contributed by atoms with E-state index in [0.29, 0.717) is 60.9 Å². The Balaban J connectivity index is 0.848. The predicted octanol–water partition coefficient (Wildman–Crippen LogP) is 10.8. The first kappa shape index (κ1) is 49.2. The number of esters is 1. The molecule has 378 valence electrons. The molecule has 14 nitrogen and oxygen atoms in total. The lowest BCUT2D eigenvalue weighted by Crippen LogP contribution is -2.64. The van der Waals surface area contributed by atoms with Gasteiger partial charge in [-0.05, 0) is 164 Å². The van der Waals surface area contributed by atoms with Crippen molar-refractivity contribution in [1.29, 1.82) is 0 Å². The molecule has 2 aromatic carbocycles. The summed E-state index contributed by atoms with van der Waals surface area (Å²) in [6.07, 6.45) is 10.8. The molecule has 5 fully saturated rings. The molecule has 6 aliphatic rings. The van der Waals surface area contributed by atoms with E-state index in [1.54, 1.807) is 0 Å². The lowest BCUT2D eigenvalue weighted by molar-refractivity contribution is -0.247. The van der Waals surface area contributed by atoms with E-state index in [0.717, 1.165) is 97.1 Å². The van der Waals surface area contributed by atoms with Gasteiger partial charge in [0.25, 0.3) is 5.91 Å². The Labute approximate surface area is 422 Å². The van der Waals surface area contributed by atoms with Crippen LogP contribution in [-0.2, 0) is 33.7 Å². The Morgan fingerprint density at radius 2 is 1.55 bits per heavy atom. The van der Waals surface area contributed by atoms with Gasteiger partial charge in [-0.25, -0.2) is 19.6 Å². The van der Waals surface area contributed by atoms with Crippen LogP contribution in [0.4, 0.5) is 15.7 Å². The van der Waals surface area contributed by atoms with Gasteiger partial charge in [-0.15, -0.1) is 0 Å². The summed E-state index contributed by atoms with van der Waals surface area (Å²) in [5.41, 5.74) is 5.23. The van der Waals surface area contributed by atoms with E-state index in [2.05, 4.69) is 52.0 Å². The van der Waals surface area contributed by atoms with Gasteiger partial charge in [-0.3, -0.25) is 14.8 Å². The van der Waals surface area contributed by atoms with Crippen LogP contribution in [0.2, 0.25) is 0 Å². The van der Waals surface area contributed by atoms with Crippen molar-refractivity contribution >= 4 is 50.5 Å². The van der Waals surface area contributed by atoms with Crippen LogP contribution in [0.15, 0.2) is 60.8 Å². The molecule has 4 bridgehead atoms. The third-order valence-corrected chi connectivity index (χ3v) is 16.4. The third-order valence-electron chi connectivity index (χ3n) is 15.4. The first-order valence-electron chi connectivity index (χ1n) is 25.7. The highest BCUT2D eigenvalue weighted by Gasteiger charge is 2.66. The summed E-state index contributed by atoms with van der Waals surface area (Å²) in [6, 6.07) is 18.1. The maximum Gasteiger partial charge on any atom is 0.410 e. The largest absolute Gasteiger partial charge is 0.455 e. The highest BCUT2D eigenvalue weighted by Crippen LogP contribution is 2.72. The number of amides is 2. The molecule has 2 aliphatic heterocycles. The van der Waals surface area contributed by atoms with Crippen LogP contribution in [-0.4, -0.2) is 98.2 Å². The summed E-state index contributed by atoms with van der Waals surface area (Å²) >= 11 is 1.46. The number of para-hydroxylation sites is 1. The number of carbonyl (C=O) groups is 3. The molecule has 2 amide bonds. The first-order valence-corrected chi connectivity index (χ1v) is 26.5. The van der Waals surface area contributed by atoms with Crippen molar-refractivity contribution in [2.75, 3.05) is 43.0 Å². The summed E-state index contributed by atoms with van der Waals surface area (Å²) in [4.78, 5) is 54.4. The summed E-state index contributed by atoms with van der Waals surface area (Å²) in [6.45, 7) is 23.1. The number of pyridine rings is 1. The average Bonchev–Trinajstić information content (AvgIpc) is 3.86. The van der Waals surface area contributed by atoms with Crippen molar-refractivity contribution in [3.05, 3.63) is 88.9 Å². The Hall–Kier alpha value is -5.38. The van der Waals surface area contributed by atoms with E-state index < -0.39 is 17.2 Å². The second-order valence-corrected chi connectivity index (χ2v) is 25.4. The fraction of sp³-hybridized carbons (Fsp3) is 0.571. The van der Waals surface area contributed by atoms with Crippen molar-refractivity contribution < 1.29 is 28.6 Å². The SMILES string of the molecule is Cc1c(-c2ccc(N3CCc4cccc(C(=O)Nc5nc6ccccc6s5)c4C3)nc2C(=O)OC(C)(C)C)cnn1CC12CC3(C)CC(C)(C1)CC(OCCNC1CCN(C(=O)OC(C)(C)C)CC1)(C3)C2. The minimum Gasteiger partial charge on any atom is -0.455 e. The van der Waals surface area contributed by atoms with Gasteiger partial charge in [-0.1, -0.05) is 49.4 Å². The first-order chi connectivity index (χ1) is 33.6. The number of aromatic nitrogens is 4. The minimum atomic E-state index is -0.735. The molecule has 3 aromatic heterocycles. The zero-order valence-electron chi connectivity index (χ0n) is 43.2. The van der Waals surface area contributed by atoms with Crippen LogP contribution in [0.25, 0.3) is 21.3 Å². The Morgan fingerprint density at radius 1 is 0.817 bits per heavy atom. The van der Waals surface area contributed by atoms with Crippen molar-refractivity contribution in [3.63, 3.8) is 0 Å². The van der Waals surface area contributed by atoms with Crippen molar-refractivity contribution in [2.45, 2.75) is 156 Å². The zero-order valence-corrected chi connectivity index (χ0v) is 44.0. The number of carbonyl (C=O) groups excluding carboxylic acids is 3. The number of thiazole rings is 1. The summed E-state index contributed by atoms with van der Waals surface area (Å²) in [7, 11) is 0. The molecule has 0 spiro atoms. The number of rotatable bonds is 12. The molecular weight excluding hydrogens is 913 g/mol. The minimum absolute atomic E-state index is 0.0129. The van der Waals surface area contributed by atoms with Crippen LogP contribution in [0.1, 0.15) is 144 Å². The summed E-state index contributed by atoms with van der Waals surface area (Å²) in [5.74, 6) is -0.0473. The van der Waals surface area contributed by atoms with Gasteiger partial charge in [0, 0.05) is 67.7 Å². The molecule has 1 saturated heterocycles. The van der Waals surface area contributed by atoms with Gasteiger partial charge >= 0.3 is 12.1 Å². The van der Waals surface area contributed by atoms with Gasteiger partial charge in [0.15, 0.2) is 10.8 Å². The van der Waals surface area contributed by atoms with Gasteiger partial charge in [0.1, 0.15) is 17.0 Å². The molecule has 2 atom stereocenters. The van der Waals surface area contributed by atoms with E-state index in [4.69, 9.17) is 24.3 Å². The zero-order chi connectivity index (χ0) is 50.1. The molecule has 71 heavy (non-hydrogen) atoms. The highest BCUT2D eigenvalue weighted by molar-refractivity contribution is 7.22. The fourth-order valence-electron chi connectivity index (χ4n) is 13.9. The molecule has 0 radical (unpaired) electrons. The van der Waals surface area contributed by atoms with E-state index >= 15 is 0 Å². The number of benzene rings is 2. The quantitative estimate of drug-likeness (QED) is 0.0907. The Kier molecular flexibility index (Phi) is 12.7. The number of ether oxygens (including phenoxy) is 3. The second-order valence-electron chi connectivity index (χ2n) is 24.3. The van der Waals surface area contributed by atoms with Gasteiger partial charge in [0.05, 0.1) is 28.6 Å². The standard InChI is InChI=1S/C56H72N8O6S/c1-36-41(27-58-64(36)35-55-30-53(8)29-54(9,31-55)33-56(32-53,34-55)68-26-22-57-38-20-24-62(25-21-38)50(67)70-52(5,6)7)39-17-18-45(60-46(39)48(66)69-51(2,3)4)63-23-19-37-13-12-14-40(42(37)28-63)47(65)61-49-59-43-15-10-11-16-44(43)71-49/h10-18,27,38,57H,19-26,28-35H2,1-9H3,(H,59,61,65). The van der Waals surface area contributed by atoms with Crippen LogP contribution < -0.4 is 15.5 Å². The van der Waals surface area contributed by atoms with Gasteiger partial charge in [0.2, 0.25) is 0 Å². The van der Waals surface area contributed by atoms with E-state index in [-0.39, 0.29) is 39.5 Å². The Bertz CT molecular complexity index is 2800. The average molecular weight is 985 g/mol. The smallest absolute Gasteiger partial charge is 0.410 e. The Morgan fingerprint density at radius 3 is 2.27 bits per heavy atom. The van der Waals surface area contributed by atoms with E-state index in [1.165, 1.54) is 17.8 Å². The van der Waals surface area contributed by atoms with Crippen LogP contribution in [0, 0.1) is 23.2 Å². The molecule has 15 heteroatoms. The predicted molar refractivity (Wildman–Crippen MR) is 278 cm³/mol.